The summed E-state index contributed by atoms with van der Waals surface area (Å²) in [5.41, 5.74) is 0. The van der Waals surface area contributed by atoms with Gasteiger partial charge >= 0.3 is 17.9 Å². The molecule has 0 N–H and O–H groups in total. The number of hydrogen-bond donors (Lipinski definition) is 0. The van der Waals surface area contributed by atoms with Crippen molar-refractivity contribution in [2.45, 2.75) is 316 Å². The lowest BCUT2D eigenvalue weighted by Gasteiger charge is -2.18. The van der Waals surface area contributed by atoms with Crippen molar-refractivity contribution in [2.75, 3.05) is 13.2 Å². The highest BCUT2D eigenvalue weighted by atomic mass is 16.6. The van der Waals surface area contributed by atoms with Gasteiger partial charge in [0.1, 0.15) is 13.2 Å². The van der Waals surface area contributed by atoms with Crippen molar-refractivity contribution in [1.29, 1.82) is 0 Å². The molecule has 0 amide bonds. The fourth-order valence-corrected chi connectivity index (χ4v) is 8.39. The van der Waals surface area contributed by atoms with Crippen LogP contribution in [0.15, 0.2) is 0 Å². The first kappa shape index (κ1) is 59.4. The van der Waals surface area contributed by atoms with Crippen LogP contribution in [0.25, 0.3) is 0 Å². The normalized spacial score (nSPS) is 12.0. The molecule has 0 aliphatic heterocycles. The smallest absolute Gasteiger partial charge is 0.306 e. The second-order valence-electron chi connectivity index (χ2n) is 19.3. The van der Waals surface area contributed by atoms with Gasteiger partial charge in [0.15, 0.2) is 6.10 Å². The standard InChI is InChI=1S/C55H106O6/c1-5-7-9-11-13-15-17-18-19-20-21-22-28-32-36-40-44-48-55(58)61-52(49-59-53(56)46-42-38-34-30-25-16-14-12-10-8-6-2)50-60-54(57)47-43-39-35-31-27-24-23-26-29-33-37-41-45-51(3)4/h51-52H,5-50H2,1-4H3/t52-/m0/s1. The van der Waals surface area contributed by atoms with Crippen LogP contribution in [-0.2, 0) is 28.6 Å². The molecule has 0 fully saturated rings. The molecule has 0 spiro atoms. The molecular formula is C55H106O6. The maximum absolute atomic E-state index is 12.8. The zero-order chi connectivity index (χ0) is 44.5. The van der Waals surface area contributed by atoms with Gasteiger partial charge in [0.25, 0.3) is 0 Å². The number of rotatable bonds is 50. The van der Waals surface area contributed by atoms with E-state index >= 15 is 0 Å². The van der Waals surface area contributed by atoms with E-state index in [0.29, 0.717) is 19.3 Å². The largest absolute Gasteiger partial charge is 0.462 e. The van der Waals surface area contributed by atoms with E-state index in [0.717, 1.165) is 63.7 Å². The summed E-state index contributed by atoms with van der Waals surface area (Å²) in [5, 5.41) is 0. The summed E-state index contributed by atoms with van der Waals surface area (Å²) in [4.78, 5) is 38.0. The summed E-state index contributed by atoms with van der Waals surface area (Å²) < 4.78 is 16.8. The average Bonchev–Trinajstić information content (AvgIpc) is 3.24. The van der Waals surface area contributed by atoms with Gasteiger partial charge in [0.05, 0.1) is 0 Å². The lowest BCUT2D eigenvalue weighted by molar-refractivity contribution is -0.167. The third-order valence-corrected chi connectivity index (χ3v) is 12.5. The van der Waals surface area contributed by atoms with Crippen molar-refractivity contribution in [2.24, 2.45) is 5.92 Å². The Morgan fingerprint density at radius 2 is 0.541 bits per heavy atom. The highest BCUT2D eigenvalue weighted by Gasteiger charge is 2.19. The Balaban J connectivity index is 4.28. The quantitative estimate of drug-likeness (QED) is 0.0344. The van der Waals surface area contributed by atoms with Crippen molar-refractivity contribution < 1.29 is 28.6 Å². The molecule has 0 aliphatic carbocycles. The van der Waals surface area contributed by atoms with Crippen LogP contribution in [-0.4, -0.2) is 37.2 Å². The summed E-state index contributed by atoms with van der Waals surface area (Å²) in [5.74, 6) is -0.00667. The summed E-state index contributed by atoms with van der Waals surface area (Å²) in [7, 11) is 0. The summed E-state index contributed by atoms with van der Waals surface area (Å²) in [6.45, 7) is 9.04. The molecule has 0 aromatic heterocycles. The summed E-state index contributed by atoms with van der Waals surface area (Å²) in [6, 6.07) is 0. The lowest BCUT2D eigenvalue weighted by atomic mass is 10.0. The van der Waals surface area contributed by atoms with Crippen molar-refractivity contribution in [3.05, 3.63) is 0 Å². The fraction of sp³-hybridized carbons (Fsp3) is 0.945. The first-order valence-electron chi connectivity index (χ1n) is 27.4. The summed E-state index contributed by atoms with van der Waals surface area (Å²) in [6.07, 6.45) is 52.3. The second kappa shape index (κ2) is 49.4. The molecule has 0 rings (SSSR count). The van der Waals surface area contributed by atoms with E-state index in [9.17, 15) is 14.4 Å². The van der Waals surface area contributed by atoms with E-state index in [-0.39, 0.29) is 31.1 Å². The number of esters is 3. The maximum Gasteiger partial charge on any atom is 0.306 e. The maximum atomic E-state index is 12.8. The highest BCUT2D eigenvalue weighted by molar-refractivity contribution is 5.71. The van der Waals surface area contributed by atoms with E-state index in [1.54, 1.807) is 0 Å². The molecule has 0 aromatic rings. The SMILES string of the molecule is CCCCCCCCCCCCCCCCCCCC(=O)O[C@@H](COC(=O)CCCCCCCCCCCCC)COC(=O)CCCCCCCCCCCCCCC(C)C. The molecule has 0 aromatic carbocycles. The van der Waals surface area contributed by atoms with Gasteiger partial charge in [-0.25, -0.2) is 0 Å². The van der Waals surface area contributed by atoms with E-state index in [2.05, 4.69) is 27.7 Å². The van der Waals surface area contributed by atoms with Crippen LogP contribution in [0, 0.1) is 5.92 Å². The van der Waals surface area contributed by atoms with E-state index in [1.165, 1.54) is 205 Å². The number of carbonyl (C=O) groups excluding carboxylic acids is 3. The molecule has 6 nitrogen and oxygen atoms in total. The van der Waals surface area contributed by atoms with Crippen LogP contribution >= 0.6 is 0 Å². The van der Waals surface area contributed by atoms with Crippen molar-refractivity contribution in [1.82, 2.24) is 0 Å². The van der Waals surface area contributed by atoms with E-state index in [4.69, 9.17) is 14.2 Å². The molecule has 0 aliphatic rings. The van der Waals surface area contributed by atoms with Crippen LogP contribution in [0.4, 0.5) is 0 Å². The first-order valence-corrected chi connectivity index (χ1v) is 27.4. The molecule has 362 valence electrons. The van der Waals surface area contributed by atoms with Crippen LogP contribution in [0.2, 0.25) is 0 Å². The zero-order valence-electron chi connectivity index (χ0n) is 41.6. The molecule has 6 heteroatoms. The molecule has 61 heavy (non-hydrogen) atoms. The second-order valence-corrected chi connectivity index (χ2v) is 19.3. The van der Waals surface area contributed by atoms with Crippen molar-refractivity contribution >= 4 is 17.9 Å². The van der Waals surface area contributed by atoms with Gasteiger partial charge in [-0.3, -0.25) is 14.4 Å². The third-order valence-electron chi connectivity index (χ3n) is 12.5. The number of ether oxygens (including phenoxy) is 3. The van der Waals surface area contributed by atoms with Gasteiger partial charge in [-0.2, -0.15) is 0 Å². The Bertz CT molecular complexity index is 918. The fourth-order valence-electron chi connectivity index (χ4n) is 8.39. The van der Waals surface area contributed by atoms with Crippen LogP contribution in [0.5, 0.6) is 0 Å². The Labute approximate surface area is 380 Å². The van der Waals surface area contributed by atoms with E-state index in [1.807, 2.05) is 0 Å². The monoisotopic (exact) mass is 863 g/mol. The Morgan fingerprint density at radius 3 is 0.803 bits per heavy atom. The molecular weight excluding hydrogens is 757 g/mol. The topological polar surface area (TPSA) is 78.9 Å². The molecule has 0 unspecified atom stereocenters. The summed E-state index contributed by atoms with van der Waals surface area (Å²) >= 11 is 0. The van der Waals surface area contributed by atoms with E-state index < -0.39 is 6.10 Å². The van der Waals surface area contributed by atoms with Crippen LogP contribution in [0.3, 0.4) is 0 Å². The van der Waals surface area contributed by atoms with Gasteiger partial charge in [-0.1, -0.05) is 272 Å². The predicted molar refractivity (Wildman–Crippen MR) is 261 cm³/mol. The average molecular weight is 863 g/mol. The minimum Gasteiger partial charge on any atom is -0.462 e. The van der Waals surface area contributed by atoms with Gasteiger partial charge in [0, 0.05) is 19.3 Å². The number of hydrogen-bond acceptors (Lipinski definition) is 6. The highest BCUT2D eigenvalue weighted by Crippen LogP contribution is 2.17. The molecule has 0 saturated heterocycles. The minimum atomic E-state index is -0.761. The van der Waals surface area contributed by atoms with Crippen molar-refractivity contribution in [3.8, 4) is 0 Å². The number of carbonyl (C=O) groups is 3. The van der Waals surface area contributed by atoms with Crippen LogP contribution in [0.1, 0.15) is 310 Å². The molecule has 0 heterocycles. The van der Waals surface area contributed by atoms with Gasteiger partial charge in [0.2, 0.25) is 0 Å². The Kier molecular flexibility index (Phi) is 48.1. The third kappa shape index (κ3) is 49.3. The first-order chi connectivity index (χ1) is 29.9. The Hall–Kier alpha value is -1.59. The predicted octanol–water partition coefficient (Wildman–Crippen LogP) is 17.8. The minimum absolute atomic E-state index is 0.0624. The molecule has 0 bridgehead atoms. The number of unbranched alkanes of at least 4 members (excludes halogenated alkanes) is 37. The van der Waals surface area contributed by atoms with Gasteiger partial charge in [-0.05, 0) is 25.2 Å². The van der Waals surface area contributed by atoms with Gasteiger partial charge in [-0.15, -0.1) is 0 Å². The zero-order valence-corrected chi connectivity index (χ0v) is 41.6. The van der Waals surface area contributed by atoms with Crippen molar-refractivity contribution in [3.63, 3.8) is 0 Å². The lowest BCUT2D eigenvalue weighted by Crippen LogP contribution is -2.30. The van der Waals surface area contributed by atoms with Crippen LogP contribution < -0.4 is 0 Å². The van der Waals surface area contributed by atoms with Gasteiger partial charge < -0.3 is 14.2 Å². The molecule has 0 saturated carbocycles. The molecule has 0 radical (unpaired) electrons. The molecule has 1 atom stereocenters. The Morgan fingerprint density at radius 1 is 0.311 bits per heavy atom.